The fourth-order valence-electron chi connectivity index (χ4n) is 3.31. The molecule has 0 radical (unpaired) electrons. The van der Waals surface area contributed by atoms with Crippen LogP contribution in [0, 0.1) is 18.3 Å². The van der Waals surface area contributed by atoms with Crippen LogP contribution in [0.4, 0.5) is 5.82 Å². The Morgan fingerprint density at radius 3 is 2.70 bits per heavy atom. The number of anilines is 1. The van der Waals surface area contributed by atoms with Gasteiger partial charge in [0.15, 0.2) is 0 Å². The molecule has 0 aromatic carbocycles. The maximum atomic E-state index is 12.4. The van der Waals surface area contributed by atoms with E-state index < -0.39 is 0 Å². The first-order chi connectivity index (χ1) is 14.6. The highest BCUT2D eigenvalue weighted by molar-refractivity contribution is 5.76. The lowest BCUT2D eigenvalue weighted by molar-refractivity contribution is -0.131. The second-order valence-electron chi connectivity index (χ2n) is 7.23. The van der Waals surface area contributed by atoms with Gasteiger partial charge in [0, 0.05) is 38.8 Å². The van der Waals surface area contributed by atoms with Crippen LogP contribution in [0.5, 0.6) is 5.75 Å². The van der Waals surface area contributed by atoms with Gasteiger partial charge in [-0.05, 0) is 38.3 Å². The van der Waals surface area contributed by atoms with Crippen molar-refractivity contribution in [3.63, 3.8) is 0 Å². The van der Waals surface area contributed by atoms with Gasteiger partial charge < -0.3 is 14.5 Å². The smallest absolute Gasteiger partial charge is 0.270 e. The zero-order valence-corrected chi connectivity index (χ0v) is 17.1. The molecule has 3 heterocycles. The van der Waals surface area contributed by atoms with Crippen molar-refractivity contribution < 1.29 is 9.53 Å². The zero-order chi connectivity index (χ0) is 21.3. The summed E-state index contributed by atoms with van der Waals surface area (Å²) in [4.78, 5) is 32.3. The van der Waals surface area contributed by atoms with Gasteiger partial charge in [-0.3, -0.25) is 9.59 Å². The molecule has 0 atom stereocenters. The Morgan fingerprint density at radius 1 is 1.20 bits per heavy atom. The first-order valence-corrected chi connectivity index (χ1v) is 10.1. The summed E-state index contributed by atoms with van der Waals surface area (Å²) >= 11 is 0. The van der Waals surface area contributed by atoms with Crippen molar-refractivity contribution in [3.05, 3.63) is 46.0 Å². The molecule has 9 nitrogen and oxygen atoms in total. The van der Waals surface area contributed by atoms with Gasteiger partial charge in [0.2, 0.25) is 5.91 Å². The number of hydrogen-bond donors (Lipinski definition) is 1. The van der Waals surface area contributed by atoms with E-state index in [1.54, 1.807) is 19.2 Å². The molecule has 0 aliphatic carbocycles. The van der Waals surface area contributed by atoms with Crippen LogP contribution in [0.25, 0.3) is 0 Å². The first-order valence-electron chi connectivity index (χ1n) is 10.1. The number of H-pyrrole nitrogens is 1. The lowest BCUT2D eigenvalue weighted by Gasteiger charge is -2.35. The average molecular weight is 410 g/mol. The van der Waals surface area contributed by atoms with Crippen molar-refractivity contribution in [2.24, 2.45) is 0 Å². The molecule has 0 bridgehead atoms. The Labute approximate surface area is 175 Å². The van der Waals surface area contributed by atoms with Gasteiger partial charge >= 0.3 is 0 Å². The van der Waals surface area contributed by atoms with Crippen LogP contribution >= 0.6 is 0 Å². The Hall–Kier alpha value is -3.41. The maximum Gasteiger partial charge on any atom is 0.270 e. The molecule has 0 unspecified atom stereocenters. The predicted molar refractivity (Wildman–Crippen MR) is 111 cm³/mol. The number of nitrogens with zero attached hydrogens (tertiary/aromatic N) is 5. The molecule has 30 heavy (non-hydrogen) atoms. The van der Waals surface area contributed by atoms with E-state index in [9.17, 15) is 9.59 Å². The molecular formula is C21H26N6O3. The molecule has 1 amide bonds. The number of nitrogens with one attached hydrogen (secondary N) is 1. The van der Waals surface area contributed by atoms with Gasteiger partial charge in [-0.2, -0.15) is 10.4 Å². The number of aromatic nitrogens is 3. The summed E-state index contributed by atoms with van der Waals surface area (Å²) in [7, 11) is 0. The van der Waals surface area contributed by atoms with Crippen molar-refractivity contribution in [2.45, 2.75) is 32.6 Å². The predicted octanol–water partition coefficient (Wildman–Crippen LogP) is 1.63. The molecular weight excluding hydrogens is 384 g/mol. The number of carbonyl (C=O) groups excluding carboxylic acids is 1. The van der Waals surface area contributed by atoms with Crippen molar-refractivity contribution in [1.82, 2.24) is 20.1 Å². The van der Waals surface area contributed by atoms with Crippen LogP contribution in [0.2, 0.25) is 0 Å². The number of nitriles is 1. The van der Waals surface area contributed by atoms with E-state index in [1.807, 2.05) is 11.0 Å². The summed E-state index contributed by atoms with van der Waals surface area (Å²) in [6, 6.07) is 5.68. The molecule has 0 saturated carbocycles. The van der Waals surface area contributed by atoms with E-state index in [0.717, 1.165) is 38.2 Å². The minimum atomic E-state index is -0.242. The highest BCUT2D eigenvalue weighted by Crippen LogP contribution is 2.15. The fourth-order valence-corrected chi connectivity index (χ4v) is 3.31. The number of unbranched alkanes of at least 4 members (excludes halogenated alkanes) is 2. The topological polar surface area (TPSA) is 115 Å². The number of amides is 1. The van der Waals surface area contributed by atoms with Gasteiger partial charge in [0.1, 0.15) is 17.6 Å². The fraction of sp³-hybridized carbons (Fsp3) is 0.476. The second-order valence-corrected chi connectivity index (χ2v) is 7.23. The SMILES string of the molecule is Cc1c(OCCCCCC(=O)N2CCN(c3ccc(C#N)cn3)CC2)cn[nH]c1=O. The minimum Gasteiger partial charge on any atom is -0.491 e. The molecule has 1 saturated heterocycles. The highest BCUT2D eigenvalue weighted by atomic mass is 16.5. The van der Waals surface area contributed by atoms with Gasteiger partial charge in [0.05, 0.1) is 23.9 Å². The summed E-state index contributed by atoms with van der Waals surface area (Å²) in [5.74, 6) is 1.52. The third-order valence-electron chi connectivity index (χ3n) is 5.18. The van der Waals surface area contributed by atoms with Gasteiger partial charge in [0.25, 0.3) is 5.56 Å². The molecule has 9 heteroatoms. The van der Waals surface area contributed by atoms with Crippen LogP contribution in [0.1, 0.15) is 36.8 Å². The van der Waals surface area contributed by atoms with Crippen LogP contribution < -0.4 is 15.2 Å². The first kappa shape index (κ1) is 21.3. The third-order valence-corrected chi connectivity index (χ3v) is 5.18. The molecule has 3 rings (SSSR count). The molecule has 2 aromatic heterocycles. The minimum absolute atomic E-state index is 0.179. The van der Waals surface area contributed by atoms with Crippen LogP contribution in [0.3, 0.4) is 0 Å². The van der Waals surface area contributed by atoms with Crippen molar-refractivity contribution in [2.75, 3.05) is 37.7 Å². The van der Waals surface area contributed by atoms with Gasteiger partial charge in [-0.25, -0.2) is 10.1 Å². The summed E-state index contributed by atoms with van der Waals surface area (Å²) in [5, 5.41) is 15.0. The lowest BCUT2D eigenvalue weighted by atomic mass is 10.1. The normalized spacial score (nSPS) is 13.7. The number of carbonyl (C=O) groups is 1. The number of hydrogen-bond acceptors (Lipinski definition) is 7. The van der Waals surface area contributed by atoms with Crippen molar-refractivity contribution in [3.8, 4) is 11.8 Å². The molecule has 158 valence electrons. The van der Waals surface area contributed by atoms with E-state index >= 15 is 0 Å². The highest BCUT2D eigenvalue weighted by Gasteiger charge is 2.21. The number of pyridine rings is 1. The van der Waals surface area contributed by atoms with E-state index in [-0.39, 0.29) is 11.5 Å². The zero-order valence-electron chi connectivity index (χ0n) is 17.1. The molecule has 1 N–H and O–H groups in total. The van der Waals surface area contributed by atoms with Crippen molar-refractivity contribution in [1.29, 1.82) is 5.26 Å². The Morgan fingerprint density at radius 2 is 2.00 bits per heavy atom. The van der Waals surface area contributed by atoms with E-state index in [0.29, 0.717) is 43.0 Å². The van der Waals surface area contributed by atoms with Crippen LogP contribution in [0.15, 0.2) is 29.3 Å². The standard InChI is InChI=1S/C21H26N6O3/c1-16-18(15-24-25-21(16)29)30-12-4-2-3-5-20(28)27-10-8-26(9-11-27)19-7-6-17(13-22)14-23-19/h6-7,14-15H,2-5,8-12H2,1H3,(H,25,29). The largest absolute Gasteiger partial charge is 0.491 e. The van der Waals surface area contributed by atoms with E-state index in [2.05, 4.69) is 26.2 Å². The molecule has 2 aromatic rings. The molecule has 1 fully saturated rings. The molecule has 1 aliphatic heterocycles. The molecule has 1 aliphatic rings. The summed E-state index contributed by atoms with van der Waals surface area (Å²) in [5.41, 5.74) is 0.825. The van der Waals surface area contributed by atoms with Crippen LogP contribution in [-0.4, -0.2) is 58.8 Å². The van der Waals surface area contributed by atoms with Gasteiger partial charge in [-0.1, -0.05) is 0 Å². The summed E-state index contributed by atoms with van der Waals surface area (Å²) < 4.78 is 5.60. The number of piperazine rings is 1. The second kappa shape index (κ2) is 10.4. The number of rotatable bonds is 8. The maximum absolute atomic E-state index is 12.4. The Bertz CT molecular complexity index is 942. The Balaban J connectivity index is 1.31. The molecule has 0 spiro atoms. The summed E-state index contributed by atoms with van der Waals surface area (Å²) in [6.07, 6.45) is 6.12. The van der Waals surface area contributed by atoms with Crippen molar-refractivity contribution >= 4 is 11.7 Å². The van der Waals surface area contributed by atoms with E-state index in [4.69, 9.17) is 10.00 Å². The Kier molecular flexibility index (Phi) is 7.38. The number of ether oxygens (including phenoxy) is 1. The summed E-state index contributed by atoms with van der Waals surface area (Å²) in [6.45, 7) is 5.03. The number of aromatic amines is 1. The average Bonchev–Trinajstić information content (AvgIpc) is 2.79. The quantitative estimate of drug-likeness (QED) is 0.658. The monoisotopic (exact) mass is 410 g/mol. The van der Waals surface area contributed by atoms with Crippen LogP contribution in [-0.2, 0) is 4.79 Å². The third kappa shape index (κ3) is 5.56. The van der Waals surface area contributed by atoms with E-state index in [1.165, 1.54) is 6.20 Å². The lowest BCUT2D eigenvalue weighted by Crippen LogP contribution is -2.49. The van der Waals surface area contributed by atoms with Gasteiger partial charge in [-0.15, -0.1) is 0 Å².